The molecule has 1 aromatic carbocycles. The van der Waals surface area contributed by atoms with Crippen molar-refractivity contribution in [3.05, 3.63) is 33.3 Å². The monoisotopic (exact) mass is 333 g/mol. The van der Waals surface area contributed by atoms with E-state index in [0.717, 1.165) is 25.1 Å². The van der Waals surface area contributed by atoms with Crippen LogP contribution in [-0.4, -0.2) is 32.0 Å². The zero-order valence-corrected chi connectivity index (χ0v) is 12.9. The Balaban J connectivity index is 2.35. The van der Waals surface area contributed by atoms with Crippen molar-refractivity contribution < 1.29 is 13.3 Å². The van der Waals surface area contributed by atoms with E-state index in [1.165, 1.54) is 6.07 Å². The van der Waals surface area contributed by atoms with E-state index < -0.39 is 25.5 Å². The maximum Gasteiger partial charge on any atom is 0.289 e. The highest BCUT2D eigenvalue weighted by molar-refractivity contribution is 7.89. The van der Waals surface area contributed by atoms with E-state index in [1.807, 2.05) is 6.92 Å². The van der Waals surface area contributed by atoms with Gasteiger partial charge < -0.3 is 5.32 Å². The van der Waals surface area contributed by atoms with Crippen molar-refractivity contribution in [2.45, 2.75) is 36.7 Å². The van der Waals surface area contributed by atoms with Gasteiger partial charge in [-0.3, -0.25) is 10.1 Å². The zero-order valence-electron chi connectivity index (χ0n) is 11.4. The predicted molar refractivity (Wildman–Crippen MR) is 78.9 cm³/mol. The van der Waals surface area contributed by atoms with Crippen molar-refractivity contribution in [2.75, 3.05) is 6.54 Å². The SMILES string of the molecule is CC1NCCCC1NS(=O)(=O)c1cc(Cl)ccc1[N+](=O)[O-]. The van der Waals surface area contributed by atoms with Gasteiger partial charge in [0, 0.05) is 23.2 Å². The molecule has 7 nitrogen and oxygen atoms in total. The lowest BCUT2D eigenvalue weighted by molar-refractivity contribution is -0.387. The lowest BCUT2D eigenvalue weighted by atomic mass is 10.0. The molecular formula is C12H16ClN3O4S. The summed E-state index contributed by atoms with van der Waals surface area (Å²) in [6.45, 7) is 2.70. The van der Waals surface area contributed by atoms with E-state index in [2.05, 4.69) is 10.0 Å². The Labute approximate surface area is 127 Å². The van der Waals surface area contributed by atoms with Crippen molar-refractivity contribution in [1.29, 1.82) is 0 Å². The molecule has 0 saturated carbocycles. The van der Waals surface area contributed by atoms with Crippen LogP contribution in [0.1, 0.15) is 19.8 Å². The summed E-state index contributed by atoms with van der Waals surface area (Å²) in [6.07, 6.45) is 1.52. The fraction of sp³-hybridized carbons (Fsp3) is 0.500. The number of hydrogen-bond donors (Lipinski definition) is 2. The van der Waals surface area contributed by atoms with Crippen LogP contribution >= 0.6 is 11.6 Å². The lowest BCUT2D eigenvalue weighted by Gasteiger charge is -2.30. The summed E-state index contributed by atoms with van der Waals surface area (Å²) < 4.78 is 27.4. The predicted octanol–water partition coefficient (Wildman–Crippen LogP) is 1.67. The third kappa shape index (κ3) is 3.70. The molecule has 0 radical (unpaired) electrons. The van der Waals surface area contributed by atoms with Gasteiger partial charge in [-0.05, 0) is 38.4 Å². The largest absolute Gasteiger partial charge is 0.313 e. The van der Waals surface area contributed by atoms with Crippen LogP contribution in [0.3, 0.4) is 0 Å². The first-order valence-corrected chi connectivity index (χ1v) is 8.37. The van der Waals surface area contributed by atoms with Crippen molar-refractivity contribution >= 4 is 27.3 Å². The molecule has 0 amide bonds. The number of sulfonamides is 1. The van der Waals surface area contributed by atoms with Gasteiger partial charge in [-0.15, -0.1) is 0 Å². The minimum atomic E-state index is -4.01. The van der Waals surface area contributed by atoms with Gasteiger partial charge >= 0.3 is 0 Å². The third-order valence-electron chi connectivity index (χ3n) is 3.48. The molecule has 0 aliphatic carbocycles. The number of nitro groups is 1. The van der Waals surface area contributed by atoms with Gasteiger partial charge in [0.2, 0.25) is 10.0 Å². The molecule has 1 aliphatic rings. The summed E-state index contributed by atoms with van der Waals surface area (Å²) in [4.78, 5) is 9.86. The first kappa shape index (κ1) is 16.2. The summed E-state index contributed by atoms with van der Waals surface area (Å²) in [5.41, 5.74) is -0.483. The van der Waals surface area contributed by atoms with Gasteiger partial charge in [0.05, 0.1) is 4.92 Å². The second-order valence-corrected chi connectivity index (χ2v) is 7.10. The summed E-state index contributed by atoms with van der Waals surface area (Å²) in [7, 11) is -4.01. The average Bonchev–Trinajstić information content (AvgIpc) is 2.41. The number of rotatable bonds is 4. The van der Waals surface area contributed by atoms with E-state index in [0.29, 0.717) is 6.42 Å². The van der Waals surface area contributed by atoms with E-state index in [-0.39, 0.29) is 17.1 Å². The molecule has 1 fully saturated rings. The fourth-order valence-corrected chi connectivity index (χ4v) is 4.11. The molecule has 1 saturated heterocycles. The first-order chi connectivity index (χ1) is 9.81. The van der Waals surface area contributed by atoms with Crippen LogP contribution in [0.5, 0.6) is 0 Å². The second-order valence-electron chi connectivity index (χ2n) is 4.98. The molecule has 116 valence electrons. The molecular weight excluding hydrogens is 318 g/mol. The molecule has 2 rings (SSSR count). The van der Waals surface area contributed by atoms with Gasteiger partial charge in [0.1, 0.15) is 0 Å². The Bertz CT molecular complexity index is 650. The molecule has 2 N–H and O–H groups in total. The summed E-state index contributed by atoms with van der Waals surface area (Å²) in [5, 5.41) is 14.3. The van der Waals surface area contributed by atoms with Crippen LogP contribution < -0.4 is 10.0 Å². The summed E-state index contributed by atoms with van der Waals surface area (Å²) in [5.74, 6) is 0. The Kier molecular flexibility index (Phi) is 4.82. The Morgan fingerprint density at radius 2 is 2.19 bits per heavy atom. The third-order valence-corrected chi connectivity index (χ3v) is 5.23. The maximum absolute atomic E-state index is 12.4. The Morgan fingerprint density at radius 3 is 2.81 bits per heavy atom. The molecule has 1 heterocycles. The Hall–Kier alpha value is -1.22. The molecule has 2 atom stereocenters. The number of halogens is 1. The van der Waals surface area contributed by atoms with Gasteiger partial charge in [-0.1, -0.05) is 11.6 Å². The molecule has 0 spiro atoms. The summed E-state index contributed by atoms with van der Waals surface area (Å²) in [6, 6.07) is 3.15. The summed E-state index contributed by atoms with van der Waals surface area (Å²) >= 11 is 5.77. The second kappa shape index (κ2) is 6.27. The minimum Gasteiger partial charge on any atom is -0.313 e. The molecule has 0 aromatic heterocycles. The maximum atomic E-state index is 12.4. The van der Waals surface area contributed by atoms with Crippen molar-refractivity contribution in [3.8, 4) is 0 Å². The number of hydrogen-bond acceptors (Lipinski definition) is 5. The average molecular weight is 334 g/mol. The number of piperidine rings is 1. The van der Waals surface area contributed by atoms with Crippen LogP contribution in [0.25, 0.3) is 0 Å². The smallest absolute Gasteiger partial charge is 0.289 e. The number of nitrogens with zero attached hydrogens (tertiary/aromatic N) is 1. The molecule has 1 aromatic rings. The molecule has 2 unspecified atom stereocenters. The molecule has 1 aliphatic heterocycles. The minimum absolute atomic E-state index is 0.0354. The van der Waals surface area contributed by atoms with Crippen molar-refractivity contribution in [3.63, 3.8) is 0 Å². The van der Waals surface area contributed by atoms with Crippen LogP contribution in [-0.2, 0) is 10.0 Å². The lowest BCUT2D eigenvalue weighted by Crippen LogP contribution is -2.51. The quantitative estimate of drug-likeness (QED) is 0.644. The van der Waals surface area contributed by atoms with Crippen LogP contribution in [0.2, 0.25) is 5.02 Å². The number of nitrogens with one attached hydrogen (secondary N) is 2. The van der Waals surface area contributed by atoms with Crippen molar-refractivity contribution in [1.82, 2.24) is 10.0 Å². The van der Waals surface area contributed by atoms with Crippen LogP contribution in [0.4, 0.5) is 5.69 Å². The van der Waals surface area contributed by atoms with E-state index in [1.54, 1.807) is 0 Å². The Morgan fingerprint density at radius 1 is 1.48 bits per heavy atom. The van der Waals surface area contributed by atoms with Crippen LogP contribution in [0.15, 0.2) is 23.1 Å². The van der Waals surface area contributed by atoms with Crippen LogP contribution in [0, 0.1) is 10.1 Å². The van der Waals surface area contributed by atoms with E-state index in [9.17, 15) is 18.5 Å². The molecule has 21 heavy (non-hydrogen) atoms. The normalized spacial score (nSPS) is 23.0. The molecule has 9 heteroatoms. The number of nitro benzene ring substituents is 1. The standard InChI is InChI=1S/C12H16ClN3O4S/c1-8-10(3-2-6-14-8)15-21(19,20)12-7-9(13)4-5-11(12)16(17)18/h4-5,7-8,10,14-15H,2-3,6H2,1H3. The van der Waals surface area contributed by atoms with Gasteiger partial charge in [-0.2, -0.15) is 0 Å². The van der Waals surface area contributed by atoms with Gasteiger partial charge in [-0.25, -0.2) is 13.1 Å². The molecule has 0 bridgehead atoms. The van der Waals surface area contributed by atoms with Gasteiger partial charge in [0.25, 0.3) is 5.69 Å². The highest BCUT2D eigenvalue weighted by Crippen LogP contribution is 2.27. The number of benzene rings is 1. The van der Waals surface area contributed by atoms with Gasteiger partial charge in [0.15, 0.2) is 4.90 Å². The highest BCUT2D eigenvalue weighted by atomic mass is 35.5. The fourth-order valence-electron chi connectivity index (χ4n) is 2.32. The first-order valence-electron chi connectivity index (χ1n) is 6.51. The van der Waals surface area contributed by atoms with E-state index in [4.69, 9.17) is 11.6 Å². The van der Waals surface area contributed by atoms with Crippen molar-refractivity contribution in [2.24, 2.45) is 0 Å². The zero-order chi connectivity index (χ0) is 15.6. The highest BCUT2D eigenvalue weighted by Gasteiger charge is 2.31. The topological polar surface area (TPSA) is 101 Å². The van der Waals surface area contributed by atoms with E-state index >= 15 is 0 Å².